The molecule has 4 heteroatoms. The lowest BCUT2D eigenvalue weighted by Gasteiger charge is -2.28. The first kappa shape index (κ1) is 11.0. The Hall–Kier alpha value is -1.55. The largest absolute Gasteiger partial charge is 0.449 e. The average Bonchev–Trinajstić information content (AvgIpc) is 2.31. The Labute approximate surface area is 95.2 Å². The van der Waals surface area contributed by atoms with Gasteiger partial charge in [-0.05, 0) is 25.1 Å². The molecule has 1 aromatic rings. The number of amides is 1. The number of rotatable bonds is 3. The Kier molecular flexibility index (Phi) is 3.41. The highest BCUT2D eigenvalue weighted by atomic mass is 16.6. The predicted octanol–water partition coefficient (Wildman–Crippen LogP) is 1.75. The van der Waals surface area contributed by atoms with Crippen molar-refractivity contribution in [3.05, 3.63) is 29.8 Å². The molecule has 1 aliphatic rings. The lowest BCUT2D eigenvalue weighted by Crippen LogP contribution is -2.38. The van der Waals surface area contributed by atoms with Crippen LogP contribution in [-0.2, 0) is 11.3 Å². The fourth-order valence-corrected chi connectivity index (χ4v) is 1.88. The van der Waals surface area contributed by atoms with Gasteiger partial charge in [-0.1, -0.05) is 18.2 Å². The van der Waals surface area contributed by atoms with Crippen molar-refractivity contribution in [1.29, 1.82) is 0 Å². The van der Waals surface area contributed by atoms with E-state index in [1.54, 1.807) is 4.90 Å². The van der Waals surface area contributed by atoms with Crippen LogP contribution in [-0.4, -0.2) is 26.3 Å². The van der Waals surface area contributed by atoms with Gasteiger partial charge in [0, 0.05) is 13.1 Å². The van der Waals surface area contributed by atoms with Gasteiger partial charge in [-0.25, -0.2) is 4.79 Å². The summed E-state index contributed by atoms with van der Waals surface area (Å²) in [5.74, 6) is 0. The quantitative estimate of drug-likeness (QED) is 0.843. The van der Waals surface area contributed by atoms with E-state index in [-0.39, 0.29) is 6.09 Å². The molecule has 2 rings (SSSR count). The number of anilines is 1. The van der Waals surface area contributed by atoms with Gasteiger partial charge >= 0.3 is 6.09 Å². The molecule has 16 heavy (non-hydrogen) atoms. The summed E-state index contributed by atoms with van der Waals surface area (Å²) in [4.78, 5) is 13.3. The summed E-state index contributed by atoms with van der Waals surface area (Å²) in [6, 6.07) is 7.90. The maximum absolute atomic E-state index is 11.6. The maximum atomic E-state index is 11.6. The number of nitrogens with one attached hydrogen (secondary N) is 1. The summed E-state index contributed by atoms with van der Waals surface area (Å²) in [5, 5.41) is 3.10. The summed E-state index contributed by atoms with van der Waals surface area (Å²) >= 11 is 0. The molecule has 0 spiro atoms. The molecule has 1 amide bonds. The number of para-hydroxylation sites is 1. The molecule has 1 saturated heterocycles. The van der Waals surface area contributed by atoms with Crippen molar-refractivity contribution in [2.24, 2.45) is 0 Å². The molecule has 1 aliphatic heterocycles. The number of ether oxygens (including phenoxy) is 1. The Morgan fingerprint density at radius 1 is 1.44 bits per heavy atom. The van der Waals surface area contributed by atoms with Crippen LogP contribution in [0.25, 0.3) is 0 Å². The Morgan fingerprint density at radius 3 is 3.00 bits per heavy atom. The molecule has 0 bridgehead atoms. The van der Waals surface area contributed by atoms with Crippen molar-refractivity contribution in [1.82, 2.24) is 5.32 Å². The highest BCUT2D eigenvalue weighted by Gasteiger charge is 2.22. The summed E-state index contributed by atoms with van der Waals surface area (Å²) in [6.07, 6.45) is 0.648. The lowest BCUT2D eigenvalue weighted by molar-refractivity contribution is 0.140. The van der Waals surface area contributed by atoms with Crippen LogP contribution in [0.15, 0.2) is 24.3 Å². The second-order valence-corrected chi connectivity index (χ2v) is 3.78. The smallest absolute Gasteiger partial charge is 0.414 e. The third kappa shape index (κ3) is 2.17. The third-order valence-corrected chi connectivity index (χ3v) is 2.62. The fourth-order valence-electron chi connectivity index (χ4n) is 1.88. The van der Waals surface area contributed by atoms with Crippen molar-refractivity contribution in [3.63, 3.8) is 0 Å². The van der Waals surface area contributed by atoms with E-state index in [9.17, 15) is 4.79 Å². The van der Waals surface area contributed by atoms with E-state index in [0.717, 1.165) is 30.8 Å². The fraction of sp³-hybridized carbons (Fsp3) is 0.417. The summed E-state index contributed by atoms with van der Waals surface area (Å²) < 4.78 is 5.04. The number of hydrogen-bond acceptors (Lipinski definition) is 3. The van der Waals surface area contributed by atoms with E-state index < -0.39 is 0 Å². The molecular formula is C12H16N2O2. The van der Waals surface area contributed by atoms with Gasteiger partial charge in [0.2, 0.25) is 0 Å². The lowest BCUT2D eigenvalue weighted by atomic mass is 10.1. The molecule has 1 N–H and O–H groups in total. The van der Waals surface area contributed by atoms with E-state index in [1.165, 1.54) is 0 Å². The molecule has 86 valence electrons. The first-order chi connectivity index (χ1) is 7.83. The van der Waals surface area contributed by atoms with Crippen molar-refractivity contribution >= 4 is 11.8 Å². The van der Waals surface area contributed by atoms with Gasteiger partial charge in [0.15, 0.2) is 0 Å². The van der Waals surface area contributed by atoms with Gasteiger partial charge in [-0.15, -0.1) is 0 Å². The van der Waals surface area contributed by atoms with E-state index >= 15 is 0 Å². The molecule has 0 unspecified atom stereocenters. The topological polar surface area (TPSA) is 41.6 Å². The molecule has 1 fully saturated rings. The van der Waals surface area contributed by atoms with Gasteiger partial charge in [0.05, 0.1) is 12.3 Å². The van der Waals surface area contributed by atoms with Crippen LogP contribution in [0, 0.1) is 0 Å². The second kappa shape index (κ2) is 4.99. The van der Waals surface area contributed by atoms with Crippen LogP contribution in [0.3, 0.4) is 0 Å². The van der Waals surface area contributed by atoms with Crippen LogP contribution in [0.5, 0.6) is 0 Å². The number of carbonyl (C=O) groups excluding carboxylic acids is 1. The number of cyclic esters (lactones) is 1. The molecule has 0 atom stereocenters. The zero-order chi connectivity index (χ0) is 11.4. The highest BCUT2D eigenvalue weighted by molar-refractivity contribution is 5.89. The molecule has 0 saturated carbocycles. The third-order valence-electron chi connectivity index (χ3n) is 2.62. The monoisotopic (exact) mass is 220 g/mol. The summed E-state index contributed by atoms with van der Waals surface area (Å²) in [5.41, 5.74) is 2.06. The maximum Gasteiger partial charge on any atom is 0.414 e. The molecule has 1 heterocycles. The van der Waals surface area contributed by atoms with Crippen LogP contribution in [0.1, 0.15) is 12.0 Å². The Bertz CT molecular complexity index is 379. The number of carbonyl (C=O) groups is 1. The van der Waals surface area contributed by atoms with Crippen LogP contribution >= 0.6 is 0 Å². The Balaban J connectivity index is 2.27. The summed E-state index contributed by atoms with van der Waals surface area (Å²) in [7, 11) is 1.89. The number of benzene rings is 1. The van der Waals surface area contributed by atoms with E-state index in [4.69, 9.17) is 4.74 Å². The summed E-state index contributed by atoms with van der Waals surface area (Å²) in [6.45, 7) is 2.02. The zero-order valence-corrected chi connectivity index (χ0v) is 9.40. The van der Waals surface area contributed by atoms with Gasteiger partial charge in [-0.3, -0.25) is 4.90 Å². The minimum atomic E-state index is -0.241. The molecule has 1 aromatic carbocycles. The Morgan fingerprint density at radius 2 is 2.25 bits per heavy atom. The normalized spacial score (nSPS) is 16.1. The van der Waals surface area contributed by atoms with Gasteiger partial charge in [-0.2, -0.15) is 0 Å². The number of hydrogen-bond donors (Lipinski definition) is 1. The van der Waals surface area contributed by atoms with Gasteiger partial charge in [0.1, 0.15) is 0 Å². The van der Waals surface area contributed by atoms with E-state index in [0.29, 0.717) is 6.61 Å². The SMILES string of the molecule is CNCc1ccccc1N1CCCOC1=O. The average molecular weight is 220 g/mol. The first-order valence-corrected chi connectivity index (χ1v) is 5.49. The minimum absolute atomic E-state index is 0.241. The van der Waals surface area contributed by atoms with Gasteiger partial charge < -0.3 is 10.1 Å². The van der Waals surface area contributed by atoms with Crippen LogP contribution in [0.2, 0.25) is 0 Å². The number of nitrogens with zero attached hydrogens (tertiary/aromatic N) is 1. The molecule has 0 aliphatic carbocycles. The standard InChI is InChI=1S/C12H16N2O2/c1-13-9-10-5-2-3-6-11(10)14-7-4-8-16-12(14)15/h2-3,5-6,13H,4,7-9H2,1H3. The van der Waals surface area contributed by atoms with Crippen LogP contribution in [0.4, 0.5) is 10.5 Å². The second-order valence-electron chi connectivity index (χ2n) is 3.78. The first-order valence-electron chi connectivity index (χ1n) is 5.49. The van der Waals surface area contributed by atoms with Crippen molar-refractivity contribution < 1.29 is 9.53 Å². The predicted molar refractivity (Wildman–Crippen MR) is 62.5 cm³/mol. The van der Waals surface area contributed by atoms with Crippen LogP contribution < -0.4 is 10.2 Å². The highest BCUT2D eigenvalue weighted by Crippen LogP contribution is 2.23. The minimum Gasteiger partial charge on any atom is -0.449 e. The van der Waals surface area contributed by atoms with E-state index in [2.05, 4.69) is 5.32 Å². The molecule has 4 nitrogen and oxygen atoms in total. The molecule has 0 radical (unpaired) electrons. The van der Waals surface area contributed by atoms with Crippen molar-refractivity contribution in [2.75, 3.05) is 25.1 Å². The zero-order valence-electron chi connectivity index (χ0n) is 9.40. The van der Waals surface area contributed by atoms with Crippen molar-refractivity contribution in [3.8, 4) is 0 Å². The molecule has 0 aromatic heterocycles. The van der Waals surface area contributed by atoms with Crippen molar-refractivity contribution in [2.45, 2.75) is 13.0 Å². The van der Waals surface area contributed by atoms with Gasteiger partial charge in [0.25, 0.3) is 0 Å². The van der Waals surface area contributed by atoms with E-state index in [1.807, 2.05) is 31.3 Å². The molecular weight excluding hydrogens is 204 g/mol.